The molecule has 16 heteroatoms. The molecule has 5 N–H and O–H groups in total. The standard InChI is InChI=1S/C12H14ClN5O2.C10H10ClN5O2/c1-3-20-12(19)7(2)18-5-9(15-6-18)8-4-10(13)16-17-11(8)14;1-5(10(17)18)16-3-7(13-4-16)6-2-8(11)14-15-9(6)12/h4-7H,3H2,1-2H3,(H2,14,17);2-5H,1H3,(H2,12,15)(H,17,18). The molecule has 0 saturated heterocycles. The molecule has 0 bridgehead atoms. The van der Waals surface area contributed by atoms with Gasteiger partial charge in [-0.05, 0) is 32.9 Å². The summed E-state index contributed by atoms with van der Waals surface area (Å²) in [5.41, 5.74) is 13.6. The number of carbonyl (C=O) groups excluding carboxylic acids is 1. The number of aromatic nitrogens is 8. The fourth-order valence-corrected chi connectivity index (χ4v) is 3.35. The van der Waals surface area contributed by atoms with Gasteiger partial charge in [-0.3, -0.25) is 0 Å². The molecule has 0 saturated carbocycles. The summed E-state index contributed by atoms with van der Waals surface area (Å²) in [5.74, 6) is -0.857. The van der Waals surface area contributed by atoms with E-state index in [4.69, 9.17) is 44.5 Å². The van der Waals surface area contributed by atoms with Crippen LogP contribution in [0, 0.1) is 0 Å². The van der Waals surface area contributed by atoms with Gasteiger partial charge < -0.3 is 30.4 Å². The molecule has 0 aliphatic rings. The molecular weight excluding hydrogens is 539 g/mol. The first-order valence-corrected chi connectivity index (χ1v) is 11.8. The van der Waals surface area contributed by atoms with Gasteiger partial charge in [0.15, 0.2) is 21.9 Å². The van der Waals surface area contributed by atoms with E-state index in [0.29, 0.717) is 29.1 Å². The van der Waals surface area contributed by atoms with Crippen molar-refractivity contribution < 1.29 is 19.4 Å². The topological polar surface area (TPSA) is 203 Å². The van der Waals surface area contributed by atoms with Crippen LogP contribution in [0.5, 0.6) is 0 Å². The maximum atomic E-state index is 11.7. The summed E-state index contributed by atoms with van der Waals surface area (Å²) in [7, 11) is 0. The number of esters is 1. The van der Waals surface area contributed by atoms with Gasteiger partial charge in [-0.1, -0.05) is 23.2 Å². The predicted molar refractivity (Wildman–Crippen MR) is 139 cm³/mol. The van der Waals surface area contributed by atoms with Crippen LogP contribution in [0.25, 0.3) is 22.5 Å². The molecule has 14 nitrogen and oxygen atoms in total. The second-order valence-corrected chi connectivity index (χ2v) is 8.56. The zero-order valence-electron chi connectivity index (χ0n) is 20.5. The molecule has 0 aliphatic heterocycles. The first kappa shape index (κ1) is 28.3. The predicted octanol–water partition coefficient (Wildman–Crippen LogP) is 2.92. The molecule has 4 rings (SSSR count). The van der Waals surface area contributed by atoms with E-state index in [2.05, 4.69) is 30.4 Å². The number of carboxylic acid groups (broad SMARTS) is 1. The van der Waals surface area contributed by atoms with Crippen molar-refractivity contribution in [2.75, 3.05) is 18.1 Å². The van der Waals surface area contributed by atoms with Gasteiger partial charge in [0.1, 0.15) is 12.1 Å². The lowest BCUT2D eigenvalue weighted by molar-refractivity contribution is -0.146. The van der Waals surface area contributed by atoms with E-state index in [1.54, 1.807) is 43.8 Å². The normalized spacial score (nSPS) is 12.2. The molecule has 0 aromatic carbocycles. The smallest absolute Gasteiger partial charge is 0.328 e. The van der Waals surface area contributed by atoms with Crippen molar-refractivity contribution in [1.29, 1.82) is 0 Å². The number of rotatable bonds is 7. The molecule has 4 aromatic heterocycles. The van der Waals surface area contributed by atoms with E-state index in [0.717, 1.165) is 0 Å². The van der Waals surface area contributed by atoms with E-state index in [1.807, 2.05) is 0 Å². The minimum atomic E-state index is -0.946. The van der Waals surface area contributed by atoms with Crippen molar-refractivity contribution in [2.45, 2.75) is 32.9 Å². The van der Waals surface area contributed by atoms with Crippen LogP contribution in [0.15, 0.2) is 37.2 Å². The summed E-state index contributed by atoms with van der Waals surface area (Å²) >= 11 is 11.5. The Balaban J connectivity index is 0.000000212. The maximum absolute atomic E-state index is 11.7. The molecule has 0 fully saturated rings. The molecule has 0 radical (unpaired) electrons. The summed E-state index contributed by atoms with van der Waals surface area (Å²) in [6.45, 7) is 5.37. The molecule has 2 atom stereocenters. The average molecular weight is 563 g/mol. The van der Waals surface area contributed by atoms with Gasteiger partial charge in [-0.2, -0.15) is 0 Å². The van der Waals surface area contributed by atoms with Crippen LogP contribution in [0.3, 0.4) is 0 Å². The van der Waals surface area contributed by atoms with E-state index >= 15 is 0 Å². The molecular formula is C22H24Cl2N10O4. The number of ether oxygens (including phenoxy) is 1. The van der Waals surface area contributed by atoms with Crippen molar-refractivity contribution in [3.8, 4) is 22.5 Å². The van der Waals surface area contributed by atoms with Crippen LogP contribution < -0.4 is 11.5 Å². The Morgan fingerprint density at radius 3 is 1.76 bits per heavy atom. The third-order valence-electron chi connectivity index (χ3n) is 5.22. The third kappa shape index (κ3) is 6.72. The first-order chi connectivity index (χ1) is 18.0. The molecule has 4 heterocycles. The van der Waals surface area contributed by atoms with E-state index in [-0.39, 0.29) is 27.9 Å². The number of imidazole rings is 2. The van der Waals surface area contributed by atoms with Crippen LogP contribution in [-0.2, 0) is 14.3 Å². The monoisotopic (exact) mass is 562 g/mol. The minimum Gasteiger partial charge on any atom is -0.480 e. The lowest BCUT2D eigenvalue weighted by Crippen LogP contribution is -2.17. The molecule has 200 valence electrons. The lowest BCUT2D eigenvalue weighted by Gasteiger charge is -2.11. The minimum absolute atomic E-state index is 0.188. The molecule has 0 amide bonds. The van der Waals surface area contributed by atoms with Gasteiger partial charge in [0.25, 0.3) is 0 Å². The number of nitrogens with zero attached hydrogens (tertiary/aromatic N) is 8. The van der Waals surface area contributed by atoms with Gasteiger partial charge in [-0.15, -0.1) is 20.4 Å². The van der Waals surface area contributed by atoms with Crippen molar-refractivity contribution >= 4 is 46.8 Å². The zero-order valence-corrected chi connectivity index (χ0v) is 22.0. The number of nitrogen functional groups attached to an aromatic ring is 2. The second kappa shape index (κ2) is 12.3. The van der Waals surface area contributed by atoms with Gasteiger partial charge in [-0.25, -0.2) is 19.6 Å². The molecule has 4 aromatic rings. The number of halogens is 2. The van der Waals surface area contributed by atoms with Crippen LogP contribution >= 0.6 is 23.2 Å². The van der Waals surface area contributed by atoms with Crippen LogP contribution in [0.1, 0.15) is 32.9 Å². The number of carbonyl (C=O) groups is 2. The van der Waals surface area contributed by atoms with Crippen LogP contribution in [-0.4, -0.2) is 63.1 Å². The Bertz CT molecular complexity index is 1440. The van der Waals surface area contributed by atoms with E-state index in [9.17, 15) is 9.59 Å². The Hall–Kier alpha value is -4.30. The zero-order chi connectivity index (χ0) is 28.0. The highest BCUT2D eigenvalue weighted by atomic mass is 35.5. The molecule has 38 heavy (non-hydrogen) atoms. The van der Waals surface area contributed by atoms with Gasteiger partial charge in [0, 0.05) is 23.5 Å². The number of aliphatic carboxylic acids is 1. The van der Waals surface area contributed by atoms with Gasteiger partial charge >= 0.3 is 11.9 Å². The van der Waals surface area contributed by atoms with Gasteiger partial charge in [0.2, 0.25) is 0 Å². The average Bonchev–Trinajstić information content (AvgIpc) is 3.57. The molecule has 0 spiro atoms. The second-order valence-electron chi connectivity index (χ2n) is 7.79. The van der Waals surface area contributed by atoms with Crippen molar-refractivity contribution in [1.82, 2.24) is 39.5 Å². The largest absolute Gasteiger partial charge is 0.480 e. The quantitative estimate of drug-likeness (QED) is 0.278. The summed E-state index contributed by atoms with van der Waals surface area (Å²) < 4.78 is 8.06. The third-order valence-corrected chi connectivity index (χ3v) is 5.59. The number of hydrogen-bond donors (Lipinski definition) is 3. The number of anilines is 2. The molecule has 2 unspecified atom stereocenters. The Morgan fingerprint density at radius 1 is 0.895 bits per heavy atom. The summed E-state index contributed by atoms with van der Waals surface area (Å²) in [5, 5.41) is 24.0. The first-order valence-electron chi connectivity index (χ1n) is 11.1. The summed E-state index contributed by atoms with van der Waals surface area (Å²) in [4.78, 5) is 30.8. The lowest BCUT2D eigenvalue weighted by atomic mass is 10.2. The van der Waals surface area contributed by atoms with Gasteiger partial charge in [0.05, 0.1) is 30.6 Å². The SMILES string of the molecule is CC(C(=O)O)n1cnc(-c2cc(Cl)nnc2N)c1.CCOC(=O)C(C)n1cnc(-c2cc(Cl)nnc2N)c1. The van der Waals surface area contributed by atoms with Crippen molar-refractivity contribution in [2.24, 2.45) is 0 Å². The van der Waals surface area contributed by atoms with Crippen LogP contribution in [0.2, 0.25) is 10.3 Å². The molecule has 0 aliphatic carbocycles. The highest BCUT2D eigenvalue weighted by molar-refractivity contribution is 6.30. The number of carboxylic acids is 1. The van der Waals surface area contributed by atoms with Crippen molar-refractivity contribution in [3.63, 3.8) is 0 Å². The number of hydrogen-bond acceptors (Lipinski definition) is 11. The highest BCUT2D eigenvalue weighted by Gasteiger charge is 2.18. The van der Waals surface area contributed by atoms with E-state index < -0.39 is 18.1 Å². The summed E-state index contributed by atoms with van der Waals surface area (Å²) in [6, 6.07) is 1.92. The summed E-state index contributed by atoms with van der Waals surface area (Å²) in [6.07, 6.45) is 6.21. The fourth-order valence-electron chi connectivity index (χ4n) is 3.05. The Labute approximate surface area is 226 Å². The number of nitrogens with two attached hydrogens (primary N) is 2. The Kier molecular flexibility index (Phi) is 9.15. The van der Waals surface area contributed by atoms with E-state index in [1.165, 1.54) is 23.3 Å². The van der Waals surface area contributed by atoms with Crippen molar-refractivity contribution in [3.05, 3.63) is 47.5 Å². The fraction of sp³-hybridized carbons (Fsp3) is 0.273. The Morgan fingerprint density at radius 2 is 1.34 bits per heavy atom. The highest BCUT2D eigenvalue weighted by Crippen LogP contribution is 2.26. The van der Waals surface area contributed by atoms with Crippen LogP contribution in [0.4, 0.5) is 11.6 Å². The maximum Gasteiger partial charge on any atom is 0.328 e.